The zero-order chi connectivity index (χ0) is 17.3. The molecule has 2 atom stereocenters. The van der Waals surface area contributed by atoms with Gasteiger partial charge < -0.3 is 10.4 Å². The van der Waals surface area contributed by atoms with Crippen LogP contribution in [0.4, 0.5) is 0 Å². The fourth-order valence-corrected chi connectivity index (χ4v) is 3.33. The highest BCUT2D eigenvalue weighted by Gasteiger charge is 2.34. The highest BCUT2D eigenvalue weighted by atomic mass is 35.5. The lowest BCUT2D eigenvalue weighted by Crippen LogP contribution is -2.40. The predicted octanol–water partition coefficient (Wildman–Crippen LogP) is 2.82. The summed E-state index contributed by atoms with van der Waals surface area (Å²) in [4.78, 5) is 23.7. The number of nitrogens with zero attached hydrogens (tertiary/aromatic N) is 2. The zero-order valence-electron chi connectivity index (χ0n) is 13.2. The van der Waals surface area contributed by atoms with Gasteiger partial charge in [-0.1, -0.05) is 30.2 Å². The summed E-state index contributed by atoms with van der Waals surface area (Å²) in [6.07, 6.45) is 3.80. The van der Waals surface area contributed by atoms with Crippen molar-refractivity contribution in [2.75, 3.05) is 0 Å². The van der Waals surface area contributed by atoms with Crippen molar-refractivity contribution in [3.8, 4) is 5.69 Å². The molecule has 0 aliphatic heterocycles. The number of aliphatic carboxylic acids is 1. The van der Waals surface area contributed by atoms with Gasteiger partial charge in [-0.25, -0.2) is 4.68 Å². The van der Waals surface area contributed by atoms with Gasteiger partial charge in [-0.3, -0.25) is 9.59 Å². The summed E-state index contributed by atoms with van der Waals surface area (Å²) in [7, 11) is 0. The van der Waals surface area contributed by atoms with Crippen LogP contribution in [0.25, 0.3) is 5.69 Å². The van der Waals surface area contributed by atoms with Gasteiger partial charge in [-0.15, -0.1) is 0 Å². The molecule has 1 fully saturated rings. The van der Waals surface area contributed by atoms with Crippen LogP contribution in [0, 0.1) is 12.8 Å². The number of carboxylic acid groups (broad SMARTS) is 1. The first-order valence-electron chi connectivity index (χ1n) is 7.82. The second-order valence-electron chi connectivity index (χ2n) is 6.01. The Morgan fingerprint density at radius 1 is 1.33 bits per heavy atom. The van der Waals surface area contributed by atoms with Crippen molar-refractivity contribution in [2.45, 2.75) is 32.2 Å². The van der Waals surface area contributed by atoms with Crippen LogP contribution in [0.1, 0.15) is 35.3 Å². The fraction of sp³-hybridized carbons (Fsp3) is 0.353. The summed E-state index contributed by atoms with van der Waals surface area (Å²) in [6.45, 7) is 1.79. The van der Waals surface area contributed by atoms with Crippen molar-refractivity contribution in [3.63, 3.8) is 0 Å². The lowest BCUT2D eigenvalue weighted by atomic mass is 10.0. The predicted molar refractivity (Wildman–Crippen MR) is 89.5 cm³/mol. The Labute approximate surface area is 144 Å². The number of carbonyl (C=O) groups excluding carboxylic acids is 1. The molecule has 1 heterocycles. The van der Waals surface area contributed by atoms with Gasteiger partial charge in [0.2, 0.25) is 0 Å². The standard InChI is InChI=1S/C17H18ClN3O3/c1-10-9-21(14-8-3-2-6-12(14)18)20-15(10)16(22)19-13-7-4-5-11(13)17(23)24/h2-3,6,8-9,11,13H,4-5,7H2,1H3,(H,19,22)(H,23,24)/t11-,13+/m0/s1. The van der Waals surface area contributed by atoms with Crippen molar-refractivity contribution in [2.24, 2.45) is 5.92 Å². The quantitative estimate of drug-likeness (QED) is 0.890. The second-order valence-corrected chi connectivity index (χ2v) is 6.42. The number of nitrogens with one attached hydrogen (secondary N) is 1. The highest BCUT2D eigenvalue weighted by molar-refractivity contribution is 6.32. The average molecular weight is 348 g/mol. The van der Waals surface area contributed by atoms with Crippen LogP contribution in [0.5, 0.6) is 0 Å². The van der Waals surface area contributed by atoms with E-state index >= 15 is 0 Å². The molecule has 2 N–H and O–H groups in total. The van der Waals surface area contributed by atoms with Crippen LogP contribution in [-0.2, 0) is 4.79 Å². The molecule has 0 unspecified atom stereocenters. The molecule has 0 spiro atoms. The molecule has 1 amide bonds. The number of aryl methyl sites for hydroxylation is 1. The molecule has 1 aromatic heterocycles. The minimum atomic E-state index is -0.865. The Hall–Kier alpha value is -2.34. The molecule has 2 aromatic rings. The third-order valence-electron chi connectivity index (χ3n) is 4.36. The topological polar surface area (TPSA) is 84.2 Å². The van der Waals surface area contributed by atoms with E-state index in [4.69, 9.17) is 11.6 Å². The van der Waals surface area contributed by atoms with Crippen LogP contribution < -0.4 is 5.32 Å². The maximum atomic E-state index is 12.5. The second kappa shape index (κ2) is 6.65. The third kappa shape index (κ3) is 3.14. The monoisotopic (exact) mass is 347 g/mol. The Morgan fingerprint density at radius 3 is 2.79 bits per heavy atom. The summed E-state index contributed by atoms with van der Waals surface area (Å²) < 4.78 is 1.57. The molecule has 24 heavy (non-hydrogen) atoms. The fourth-order valence-electron chi connectivity index (χ4n) is 3.11. The molecular weight excluding hydrogens is 330 g/mol. The number of amides is 1. The highest BCUT2D eigenvalue weighted by Crippen LogP contribution is 2.26. The average Bonchev–Trinajstić information content (AvgIpc) is 3.14. The Bertz CT molecular complexity index is 787. The molecule has 7 heteroatoms. The Morgan fingerprint density at radius 2 is 2.08 bits per heavy atom. The summed E-state index contributed by atoms with van der Waals surface area (Å²) in [6, 6.07) is 6.88. The van der Waals surface area contributed by atoms with E-state index in [0.717, 1.165) is 6.42 Å². The molecule has 126 valence electrons. The van der Waals surface area contributed by atoms with Crippen molar-refractivity contribution in [3.05, 3.63) is 46.7 Å². The minimum Gasteiger partial charge on any atom is -0.481 e. The van der Waals surface area contributed by atoms with Gasteiger partial charge >= 0.3 is 5.97 Å². The third-order valence-corrected chi connectivity index (χ3v) is 4.68. The molecule has 1 aromatic carbocycles. The lowest BCUT2D eigenvalue weighted by Gasteiger charge is -2.16. The summed E-state index contributed by atoms with van der Waals surface area (Å²) in [5.41, 5.74) is 1.67. The first-order valence-corrected chi connectivity index (χ1v) is 8.20. The van der Waals surface area contributed by atoms with E-state index in [2.05, 4.69) is 10.4 Å². The van der Waals surface area contributed by atoms with Gasteiger partial charge in [0.15, 0.2) is 5.69 Å². The molecule has 3 rings (SSSR count). The van der Waals surface area contributed by atoms with Gasteiger partial charge in [-0.2, -0.15) is 5.10 Å². The van der Waals surface area contributed by atoms with Crippen LogP contribution in [0.3, 0.4) is 0 Å². The van der Waals surface area contributed by atoms with Gasteiger partial charge in [-0.05, 0) is 31.9 Å². The Balaban J connectivity index is 1.81. The summed E-state index contributed by atoms with van der Waals surface area (Å²) in [5.74, 6) is -1.74. The number of para-hydroxylation sites is 1. The minimum absolute atomic E-state index is 0.283. The number of carbonyl (C=O) groups is 2. The van der Waals surface area contributed by atoms with E-state index in [1.807, 2.05) is 18.2 Å². The number of rotatable bonds is 4. The molecular formula is C17H18ClN3O3. The largest absolute Gasteiger partial charge is 0.481 e. The zero-order valence-corrected chi connectivity index (χ0v) is 14.0. The molecule has 1 aliphatic rings. The first-order chi connectivity index (χ1) is 11.5. The number of halogens is 1. The molecule has 6 nitrogen and oxygen atoms in total. The molecule has 0 saturated heterocycles. The number of aromatic nitrogens is 2. The maximum Gasteiger partial charge on any atom is 0.308 e. The number of hydrogen-bond acceptors (Lipinski definition) is 3. The normalized spacial score (nSPS) is 20.1. The first kappa shape index (κ1) is 16.5. The van der Waals surface area contributed by atoms with E-state index in [1.54, 1.807) is 23.9 Å². The molecule has 0 bridgehead atoms. The van der Waals surface area contributed by atoms with Crippen LogP contribution >= 0.6 is 11.6 Å². The van der Waals surface area contributed by atoms with E-state index in [9.17, 15) is 14.7 Å². The van der Waals surface area contributed by atoms with Crippen LogP contribution in [0.15, 0.2) is 30.5 Å². The lowest BCUT2D eigenvalue weighted by molar-refractivity contribution is -0.142. The van der Waals surface area contributed by atoms with E-state index < -0.39 is 11.9 Å². The number of benzene rings is 1. The van der Waals surface area contributed by atoms with Gasteiger partial charge in [0.05, 0.1) is 16.6 Å². The van der Waals surface area contributed by atoms with E-state index in [-0.39, 0.29) is 17.6 Å². The molecule has 1 aliphatic carbocycles. The van der Waals surface area contributed by atoms with Crippen LogP contribution in [0.2, 0.25) is 5.02 Å². The van der Waals surface area contributed by atoms with E-state index in [0.29, 0.717) is 29.1 Å². The number of hydrogen-bond donors (Lipinski definition) is 2. The van der Waals surface area contributed by atoms with Crippen molar-refractivity contribution >= 4 is 23.5 Å². The number of carboxylic acids is 1. The van der Waals surface area contributed by atoms with Gasteiger partial charge in [0.25, 0.3) is 5.91 Å². The van der Waals surface area contributed by atoms with Crippen molar-refractivity contribution in [1.82, 2.24) is 15.1 Å². The summed E-state index contributed by atoms with van der Waals surface area (Å²) in [5, 5.41) is 16.9. The van der Waals surface area contributed by atoms with E-state index in [1.165, 1.54) is 0 Å². The summed E-state index contributed by atoms with van der Waals surface area (Å²) >= 11 is 6.16. The van der Waals surface area contributed by atoms with Crippen LogP contribution in [-0.4, -0.2) is 32.8 Å². The maximum absolute atomic E-state index is 12.5. The SMILES string of the molecule is Cc1cn(-c2ccccc2Cl)nc1C(=O)N[C@@H]1CCC[C@@H]1C(=O)O. The van der Waals surface area contributed by atoms with Gasteiger partial charge in [0, 0.05) is 17.8 Å². The van der Waals surface area contributed by atoms with Gasteiger partial charge in [0.1, 0.15) is 0 Å². The van der Waals surface area contributed by atoms with Crippen molar-refractivity contribution in [1.29, 1.82) is 0 Å². The Kier molecular flexibility index (Phi) is 4.57. The molecule has 1 saturated carbocycles. The smallest absolute Gasteiger partial charge is 0.308 e. The molecule has 0 radical (unpaired) electrons. The van der Waals surface area contributed by atoms with Crippen molar-refractivity contribution < 1.29 is 14.7 Å².